The highest BCUT2D eigenvalue weighted by molar-refractivity contribution is 5.75. The Hall–Kier alpha value is -1.30. The maximum absolute atomic E-state index is 11.4. The van der Waals surface area contributed by atoms with Gasteiger partial charge >= 0.3 is 12.0 Å². The number of carbonyl (C=O) groups excluding carboxylic acids is 1. The molecule has 0 aliphatic carbocycles. The van der Waals surface area contributed by atoms with E-state index in [9.17, 15) is 9.59 Å². The average Bonchev–Trinajstić information content (AvgIpc) is 2.33. The molecule has 1 unspecified atom stereocenters. The first-order valence-electron chi connectivity index (χ1n) is 6.86. The lowest BCUT2D eigenvalue weighted by Gasteiger charge is -2.13. The van der Waals surface area contributed by atoms with Gasteiger partial charge in [-0.1, -0.05) is 13.3 Å². The monoisotopic (exact) mass is 273 g/mol. The molecule has 19 heavy (non-hydrogen) atoms. The number of urea groups is 1. The number of hydrogen-bond acceptors (Lipinski definition) is 3. The first kappa shape index (κ1) is 17.7. The second-order valence-corrected chi connectivity index (χ2v) is 4.97. The van der Waals surface area contributed by atoms with Gasteiger partial charge in [0.05, 0.1) is 5.92 Å². The van der Waals surface area contributed by atoms with Gasteiger partial charge in [0.2, 0.25) is 0 Å². The van der Waals surface area contributed by atoms with Crippen LogP contribution in [-0.4, -0.2) is 55.7 Å². The highest BCUT2D eigenvalue weighted by atomic mass is 16.4. The lowest BCUT2D eigenvalue weighted by atomic mass is 10.0. The summed E-state index contributed by atoms with van der Waals surface area (Å²) in [6.07, 6.45) is 3.33. The van der Waals surface area contributed by atoms with Gasteiger partial charge in [0.1, 0.15) is 0 Å². The van der Waals surface area contributed by atoms with Gasteiger partial charge in [-0.05, 0) is 39.9 Å². The zero-order valence-electron chi connectivity index (χ0n) is 12.2. The van der Waals surface area contributed by atoms with Crippen LogP contribution >= 0.6 is 0 Å². The van der Waals surface area contributed by atoms with E-state index in [4.69, 9.17) is 5.11 Å². The molecule has 1 atom stereocenters. The average molecular weight is 273 g/mol. The number of unbranched alkanes of at least 4 members (excludes halogenated alkanes) is 1. The molecule has 0 fully saturated rings. The highest BCUT2D eigenvalue weighted by Crippen LogP contribution is 2.04. The number of carbonyl (C=O) groups is 2. The molecule has 2 amide bonds. The van der Waals surface area contributed by atoms with E-state index in [2.05, 4.69) is 15.5 Å². The Bertz CT molecular complexity index is 270. The van der Waals surface area contributed by atoms with Gasteiger partial charge in [-0.25, -0.2) is 4.79 Å². The molecule has 0 aromatic carbocycles. The van der Waals surface area contributed by atoms with Gasteiger partial charge in [0.15, 0.2) is 0 Å². The minimum Gasteiger partial charge on any atom is -0.481 e. The molecular formula is C13H27N3O3. The molecular weight excluding hydrogens is 246 g/mol. The molecule has 0 aromatic rings. The van der Waals surface area contributed by atoms with E-state index in [1.807, 2.05) is 21.0 Å². The predicted octanol–water partition coefficient (Wildman–Crippen LogP) is 1.13. The number of amides is 2. The van der Waals surface area contributed by atoms with Crippen LogP contribution in [-0.2, 0) is 4.79 Å². The molecule has 0 saturated heterocycles. The first-order chi connectivity index (χ1) is 8.97. The van der Waals surface area contributed by atoms with Crippen LogP contribution < -0.4 is 10.6 Å². The van der Waals surface area contributed by atoms with Crippen molar-refractivity contribution in [2.75, 3.05) is 33.7 Å². The Kier molecular flexibility index (Phi) is 9.88. The summed E-state index contributed by atoms with van der Waals surface area (Å²) in [5, 5.41) is 14.3. The summed E-state index contributed by atoms with van der Waals surface area (Å²) in [4.78, 5) is 24.4. The Balaban J connectivity index is 3.65. The van der Waals surface area contributed by atoms with Crippen molar-refractivity contribution in [3.05, 3.63) is 0 Å². The second kappa shape index (κ2) is 10.6. The third kappa shape index (κ3) is 10.3. The van der Waals surface area contributed by atoms with Crippen molar-refractivity contribution in [3.8, 4) is 0 Å². The lowest BCUT2D eigenvalue weighted by Crippen LogP contribution is -2.40. The van der Waals surface area contributed by atoms with E-state index >= 15 is 0 Å². The fraction of sp³-hybridized carbons (Fsp3) is 0.846. The van der Waals surface area contributed by atoms with E-state index in [1.54, 1.807) is 0 Å². The van der Waals surface area contributed by atoms with Crippen LogP contribution in [0.5, 0.6) is 0 Å². The third-order valence-corrected chi connectivity index (χ3v) is 2.81. The van der Waals surface area contributed by atoms with Gasteiger partial charge in [-0.2, -0.15) is 0 Å². The molecule has 112 valence electrons. The molecule has 0 spiro atoms. The number of nitrogens with zero attached hydrogens (tertiary/aromatic N) is 1. The quantitative estimate of drug-likeness (QED) is 0.521. The smallest absolute Gasteiger partial charge is 0.314 e. The van der Waals surface area contributed by atoms with Crippen LogP contribution in [0.1, 0.15) is 32.6 Å². The summed E-state index contributed by atoms with van der Waals surface area (Å²) >= 11 is 0. The van der Waals surface area contributed by atoms with Crippen molar-refractivity contribution in [1.82, 2.24) is 15.5 Å². The minimum absolute atomic E-state index is 0.187. The Morgan fingerprint density at radius 1 is 1.21 bits per heavy atom. The molecule has 0 saturated carbocycles. The van der Waals surface area contributed by atoms with E-state index in [1.165, 1.54) is 0 Å². The Morgan fingerprint density at radius 2 is 1.89 bits per heavy atom. The standard InChI is InChI=1S/C13H27N3O3/c1-4-7-11(12(17)18)10-15-13(19)14-8-5-6-9-16(2)3/h11H,4-10H2,1-3H3,(H,17,18)(H2,14,15,19). The van der Waals surface area contributed by atoms with Gasteiger partial charge in [0, 0.05) is 13.1 Å². The van der Waals surface area contributed by atoms with Crippen molar-refractivity contribution in [3.63, 3.8) is 0 Å². The largest absolute Gasteiger partial charge is 0.481 e. The van der Waals surface area contributed by atoms with Gasteiger partial charge in [0.25, 0.3) is 0 Å². The number of hydrogen-bond donors (Lipinski definition) is 3. The molecule has 6 heteroatoms. The molecule has 0 radical (unpaired) electrons. The predicted molar refractivity (Wildman–Crippen MR) is 75.2 cm³/mol. The fourth-order valence-electron chi connectivity index (χ4n) is 1.69. The van der Waals surface area contributed by atoms with Crippen LogP contribution in [0.2, 0.25) is 0 Å². The summed E-state index contributed by atoms with van der Waals surface area (Å²) in [5.74, 6) is -1.35. The normalized spacial score (nSPS) is 12.2. The molecule has 0 bridgehead atoms. The van der Waals surface area contributed by atoms with Crippen molar-refractivity contribution in [2.24, 2.45) is 5.92 Å². The topological polar surface area (TPSA) is 81.7 Å². The fourth-order valence-corrected chi connectivity index (χ4v) is 1.69. The maximum atomic E-state index is 11.4. The summed E-state index contributed by atoms with van der Waals surface area (Å²) in [5.41, 5.74) is 0. The number of aliphatic carboxylic acids is 1. The Labute approximate surface area is 115 Å². The summed E-state index contributed by atoms with van der Waals surface area (Å²) in [7, 11) is 4.03. The summed E-state index contributed by atoms with van der Waals surface area (Å²) < 4.78 is 0. The van der Waals surface area contributed by atoms with Crippen LogP contribution in [0, 0.1) is 5.92 Å². The SMILES string of the molecule is CCCC(CNC(=O)NCCCCN(C)C)C(=O)O. The van der Waals surface area contributed by atoms with E-state index in [0.29, 0.717) is 13.0 Å². The first-order valence-corrected chi connectivity index (χ1v) is 6.86. The number of nitrogens with one attached hydrogen (secondary N) is 2. The molecule has 6 nitrogen and oxygen atoms in total. The second-order valence-electron chi connectivity index (χ2n) is 4.97. The van der Waals surface area contributed by atoms with Crippen LogP contribution in [0.15, 0.2) is 0 Å². The minimum atomic E-state index is -0.854. The zero-order valence-corrected chi connectivity index (χ0v) is 12.2. The van der Waals surface area contributed by atoms with Gasteiger partial charge in [-0.3, -0.25) is 4.79 Å². The zero-order chi connectivity index (χ0) is 14.7. The number of carboxylic acids is 1. The van der Waals surface area contributed by atoms with Crippen molar-refractivity contribution < 1.29 is 14.7 Å². The van der Waals surface area contributed by atoms with E-state index in [-0.39, 0.29) is 12.6 Å². The molecule has 0 aliphatic heterocycles. The van der Waals surface area contributed by atoms with Crippen molar-refractivity contribution in [2.45, 2.75) is 32.6 Å². The summed E-state index contributed by atoms with van der Waals surface area (Å²) in [6, 6.07) is -0.285. The van der Waals surface area contributed by atoms with Crippen LogP contribution in [0.4, 0.5) is 4.79 Å². The van der Waals surface area contributed by atoms with Crippen molar-refractivity contribution >= 4 is 12.0 Å². The summed E-state index contributed by atoms with van der Waals surface area (Å²) in [6.45, 7) is 3.74. The number of carboxylic acid groups (broad SMARTS) is 1. The number of rotatable bonds is 10. The molecule has 0 aliphatic rings. The van der Waals surface area contributed by atoms with Crippen LogP contribution in [0.25, 0.3) is 0 Å². The van der Waals surface area contributed by atoms with Crippen LogP contribution in [0.3, 0.4) is 0 Å². The molecule has 3 N–H and O–H groups in total. The maximum Gasteiger partial charge on any atom is 0.314 e. The highest BCUT2D eigenvalue weighted by Gasteiger charge is 2.16. The van der Waals surface area contributed by atoms with E-state index < -0.39 is 11.9 Å². The Morgan fingerprint density at radius 3 is 2.42 bits per heavy atom. The van der Waals surface area contributed by atoms with E-state index in [0.717, 1.165) is 25.8 Å². The lowest BCUT2D eigenvalue weighted by molar-refractivity contribution is -0.141. The molecule has 0 rings (SSSR count). The third-order valence-electron chi connectivity index (χ3n) is 2.81. The van der Waals surface area contributed by atoms with Crippen molar-refractivity contribution in [1.29, 1.82) is 0 Å². The van der Waals surface area contributed by atoms with Gasteiger partial charge in [-0.15, -0.1) is 0 Å². The van der Waals surface area contributed by atoms with Gasteiger partial charge < -0.3 is 20.6 Å². The molecule has 0 heterocycles. The molecule has 0 aromatic heterocycles.